The highest BCUT2D eigenvalue weighted by Crippen LogP contribution is 2.29. The number of halogens is 3. The molecular formula is C20H25F3N4O2S. The quantitative estimate of drug-likeness (QED) is 0.487. The van der Waals surface area contributed by atoms with Gasteiger partial charge in [0.05, 0.1) is 11.3 Å². The lowest BCUT2D eigenvalue weighted by Crippen LogP contribution is -2.41. The summed E-state index contributed by atoms with van der Waals surface area (Å²) in [4.78, 5) is 5.79. The number of guanidine groups is 1. The van der Waals surface area contributed by atoms with Crippen molar-refractivity contribution < 1.29 is 21.6 Å². The van der Waals surface area contributed by atoms with Crippen molar-refractivity contribution in [1.82, 2.24) is 14.9 Å². The summed E-state index contributed by atoms with van der Waals surface area (Å²) >= 11 is 0. The Balaban J connectivity index is 1.83. The van der Waals surface area contributed by atoms with Gasteiger partial charge in [-0.3, -0.25) is 4.99 Å². The van der Waals surface area contributed by atoms with Crippen LogP contribution in [0.4, 0.5) is 13.2 Å². The standard InChI is InChI=1S/C20H25F3N4O2S/c1-24-19(27(2)15-17-8-10-18(11-9-17)20(21,22)23)25-12-13-30(28,29)26-14-16-6-4-3-5-7-16/h3-11,26H,12-15H2,1-2H3,(H,24,25). The highest BCUT2D eigenvalue weighted by molar-refractivity contribution is 7.89. The van der Waals surface area contributed by atoms with E-state index in [1.807, 2.05) is 30.3 Å². The van der Waals surface area contributed by atoms with Gasteiger partial charge in [-0.2, -0.15) is 13.2 Å². The molecule has 0 radical (unpaired) electrons. The van der Waals surface area contributed by atoms with Crippen molar-refractivity contribution in [3.63, 3.8) is 0 Å². The minimum Gasteiger partial charge on any atom is -0.355 e. The van der Waals surface area contributed by atoms with Gasteiger partial charge in [0.1, 0.15) is 0 Å². The van der Waals surface area contributed by atoms with E-state index in [1.165, 1.54) is 12.1 Å². The largest absolute Gasteiger partial charge is 0.416 e. The third kappa shape index (κ3) is 7.68. The minimum absolute atomic E-state index is 0.133. The lowest BCUT2D eigenvalue weighted by atomic mass is 10.1. The molecular weight excluding hydrogens is 417 g/mol. The van der Waals surface area contributed by atoms with Crippen LogP contribution in [0.3, 0.4) is 0 Å². The highest BCUT2D eigenvalue weighted by Gasteiger charge is 2.29. The Morgan fingerprint density at radius 2 is 1.67 bits per heavy atom. The maximum absolute atomic E-state index is 12.7. The Morgan fingerprint density at radius 1 is 1.03 bits per heavy atom. The van der Waals surface area contributed by atoms with Crippen LogP contribution in [0, 0.1) is 0 Å². The Hall–Kier alpha value is -2.59. The van der Waals surface area contributed by atoms with Crippen LogP contribution < -0.4 is 10.0 Å². The van der Waals surface area contributed by atoms with Crippen LogP contribution in [-0.4, -0.2) is 45.7 Å². The Morgan fingerprint density at radius 3 is 2.23 bits per heavy atom. The predicted molar refractivity (Wildman–Crippen MR) is 111 cm³/mol. The van der Waals surface area contributed by atoms with Gasteiger partial charge in [-0.15, -0.1) is 0 Å². The molecule has 0 spiro atoms. The molecule has 0 atom stereocenters. The average molecular weight is 443 g/mol. The van der Waals surface area contributed by atoms with Gasteiger partial charge in [-0.1, -0.05) is 42.5 Å². The SMILES string of the molecule is CN=C(NCCS(=O)(=O)NCc1ccccc1)N(C)Cc1ccc(C(F)(F)F)cc1. The van der Waals surface area contributed by atoms with Gasteiger partial charge < -0.3 is 10.2 Å². The summed E-state index contributed by atoms with van der Waals surface area (Å²) in [5, 5.41) is 2.96. The third-order valence-corrected chi connectivity index (χ3v) is 5.59. The van der Waals surface area contributed by atoms with Gasteiger partial charge in [-0.05, 0) is 23.3 Å². The number of hydrogen-bond donors (Lipinski definition) is 2. The highest BCUT2D eigenvalue weighted by atomic mass is 32.2. The number of benzene rings is 2. The first-order valence-electron chi connectivity index (χ1n) is 9.20. The van der Waals surface area contributed by atoms with E-state index in [4.69, 9.17) is 0 Å². The first-order chi connectivity index (χ1) is 14.1. The van der Waals surface area contributed by atoms with Crippen molar-refractivity contribution in [1.29, 1.82) is 0 Å². The molecule has 0 aliphatic rings. The second kappa shape index (κ2) is 10.4. The number of aliphatic imine (C=N–C) groups is 1. The normalized spacial score (nSPS) is 12.6. The second-order valence-electron chi connectivity index (χ2n) is 6.65. The fourth-order valence-corrected chi connectivity index (χ4v) is 3.59. The van der Waals surface area contributed by atoms with Gasteiger partial charge in [0.15, 0.2) is 5.96 Å². The van der Waals surface area contributed by atoms with E-state index in [1.54, 1.807) is 19.0 Å². The van der Waals surface area contributed by atoms with Crippen LogP contribution in [0.25, 0.3) is 0 Å². The summed E-state index contributed by atoms with van der Waals surface area (Å²) in [6.45, 7) is 0.663. The van der Waals surface area contributed by atoms with Crippen molar-refractivity contribution >= 4 is 16.0 Å². The fraction of sp³-hybridized carbons (Fsp3) is 0.350. The van der Waals surface area contributed by atoms with Crippen molar-refractivity contribution in [2.45, 2.75) is 19.3 Å². The first-order valence-corrected chi connectivity index (χ1v) is 10.8. The molecule has 2 aromatic rings. The van der Waals surface area contributed by atoms with E-state index in [0.29, 0.717) is 18.1 Å². The summed E-state index contributed by atoms with van der Waals surface area (Å²) in [6, 6.07) is 14.1. The van der Waals surface area contributed by atoms with Gasteiger partial charge >= 0.3 is 6.18 Å². The molecule has 0 aliphatic carbocycles. The zero-order valence-electron chi connectivity index (χ0n) is 16.8. The van der Waals surface area contributed by atoms with E-state index >= 15 is 0 Å². The van der Waals surface area contributed by atoms with E-state index in [9.17, 15) is 21.6 Å². The molecule has 0 fully saturated rings. The molecule has 30 heavy (non-hydrogen) atoms. The van der Waals surface area contributed by atoms with Crippen LogP contribution in [0.1, 0.15) is 16.7 Å². The van der Waals surface area contributed by atoms with E-state index in [2.05, 4.69) is 15.0 Å². The molecule has 6 nitrogen and oxygen atoms in total. The summed E-state index contributed by atoms with van der Waals surface area (Å²) in [6.07, 6.45) is -4.37. The molecule has 2 rings (SSSR count). The Labute approximate surface area is 174 Å². The summed E-state index contributed by atoms with van der Waals surface area (Å²) in [5.41, 5.74) is 0.830. The molecule has 0 saturated carbocycles. The lowest BCUT2D eigenvalue weighted by Gasteiger charge is -2.22. The number of alkyl halides is 3. The Kier molecular flexibility index (Phi) is 8.24. The van der Waals surface area contributed by atoms with Crippen molar-refractivity contribution in [2.24, 2.45) is 4.99 Å². The molecule has 0 heterocycles. The van der Waals surface area contributed by atoms with Crippen molar-refractivity contribution in [2.75, 3.05) is 26.4 Å². The topological polar surface area (TPSA) is 73.8 Å². The molecule has 2 N–H and O–H groups in total. The number of rotatable bonds is 8. The van der Waals surface area contributed by atoms with E-state index in [0.717, 1.165) is 17.7 Å². The van der Waals surface area contributed by atoms with Gasteiger partial charge in [0.2, 0.25) is 10.0 Å². The molecule has 0 aliphatic heterocycles. The molecule has 0 bridgehead atoms. The molecule has 164 valence electrons. The maximum atomic E-state index is 12.7. The van der Waals surface area contributed by atoms with Crippen LogP contribution in [0.5, 0.6) is 0 Å². The number of hydrogen-bond acceptors (Lipinski definition) is 3. The number of sulfonamides is 1. The van der Waals surface area contributed by atoms with Crippen molar-refractivity contribution in [3.05, 3.63) is 71.3 Å². The van der Waals surface area contributed by atoms with Gasteiger partial charge in [0, 0.05) is 33.7 Å². The van der Waals surface area contributed by atoms with Gasteiger partial charge in [-0.25, -0.2) is 13.1 Å². The number of nitrogens with zero attached hydrogens (tertiary/aromatic N) is 2. The molecule has 10 heteroatoms. The summed E-state index contributed by atoms with van der Waals surface area (Å²) < 4.78 is 64.8. The smallest absolute Gasteiger partial charge is 0.355 e. The molecule has 2 aromatic carbocycles. The van der Waals surface area contributed by atoms with E-state index < -0.39 is 21.8 Å². The van der Waals surface area contributed by atoms with Crippen LogP contribution in [0.2, 0.25) is 0 Å². The van der Waals surface area contributed by atoms with Gasteiger partial charge in [0.25, 0.3) is 0 Å². The van der Waals surface area contributed by atoms with Crippen LogP contribution in [0.15, 0.2) is 59.6 Å². The first kappa shape index (κ1) is 23.7. The zero-order valence-corrected chi connectivity index (χ0v) is 17.6. The summed E-state index contributed by atoms with van der Waals surface area (Å²) in [5.74, 6) is 0.292. The monoisotopic (exact) mass is 442 g/mol. The average Bonchev–Trinajstić information content (AvgIpc) is 2.70. The fourth-order valence-electron chi connectivity index (χ4n) is 2.69. The lowest BCUT2D eigenvalue weighted by molar-refractivity contribution is -0.137. The second-order valence-corrected chi connectivity index (χ2v) is 8.58. The Bertz CT molecular complexity index is 931. The minimum atomic E-state index is -4.37. The molecule has 0 aromatic heterocycles. The molecule has 0 amide bonds. The van der Waals surface area contributed by atoms with E-state index in [-0.39, 0.29) is 18.8 Å². The van der Waals surface area contributed by atoms with Crippen LogP contribution in [-0.2, 0) is 29.3 Å². The number of nitrogens with one attached hydrogen (secondary N) is 2. The summed E-state index contributed by atoms with van der Waals surface area (Å²) in [7, 11) is -0.213. The molecule has 0 saturated heterocycles. The zero-order chi connectivity index (χ0) is 22.2. The molecule has 0 unspecified atom stereocenters. The maximum Gasteiger partial charge on any atom is 0.416 e. The predicted octanol–water partition coefficient (Wildman–Crippen LogP) is 2.83. The van der Waals surface area contributed by atoms with Crippen LogP contribution >= 0.6 is 0 Å². The third-order valence-electron chi connectivity index (χ3n) is 4.27. The van der Waals surface area contributed by atoms with Crippen molar-refractivity contribution in [3.8, 4) is 0 Å².